The van der Waals surface area contributed by atoms with E-state index in [9.17, 15) is 19.2 Å². The van der Waals surface area contributed by atoms with E-state index in [2.05, 4.69) is 26.0 Å². The highest BCUT2D eigenvalue weighted by molar-refractivity contribution is 6.03. The molecule has 3 aromatic rings. The first kappa shape index (κ1) is 24.6. The van der Waals surface area contributed by atoms with Crippen molar-refractivity contribution in [2.45, 2.75) is 13.8 Å². The molecule has 35 heavy (non-hydrogen) atoms. The average Bonchev–Trinajstić information content (AvgIpc) is 3.13. The third-order valence-electron chi connectivity index (χ3n) is 4.97. The van der Waals surface area contributed by atoms with Gasteiger partial charge in [0.05, 0.1) is 29.1 Å². The number of carbonyl (C=O) groups excluding carboxylic acids is 2. The number of hydrogen-bond acceptors (Lipinski definition) is 6. The largest absolute Gasteiger partial charge is 0.478 e. The summed E-state index contributed by atoms with van der Waals surface area (Å²) in [6.07, 6.45) is 2.73. The van der Waals surface area contributed by atoms with Crippen LogP contribution in [0, 0.1) is 13.8 Å². The molecular weight excluding hydrogens is 454 g/mol. The molecule has 0 saturated heterocycles. The van der Waals surface area contributed by atoms with Gasteiger partial charge in [-0.3, -0.25) is 9.59 Å². The van der Waals surface area contributed by atoms with E-state index in [-0.39, 0.29) is 22.4 Å². The van der Waals surface area contributed by atoms with Crippen LogP contribution in [0.5, 0.6) is 0 Å². The maximum absolute atomic E-state index is 12.6. The van der Waals surface area contributed by atoms with Gasteiger partial charge in [0.25, 0.3) is 11.8 Å². The molecule has 0 fully saturated rings. The van der Waals surface area contributed by atoms with Crippen molar-refractivity contribution in [2.24, 2.45) is 10.2 Å². The van der Waals surface area contributed by atoms with Crippen LogP contribution in [-0.2, 0) is 0 Å². The van der Waals surface area contributed by atoms with Crippen LogP contribution in [0.15, 0.2) is 58.7 Å². The molecule has 1 heterocycles. The molecule has 0 unspecified atom stereocenters. The van der Waals surface area contributed by atoms with Gasteiger partial charge in [-0.15, -0.1) is 0 Å². The summed E-state index contributed by atoms with van der Waals surface area (Å²) >= 11 is 0. The zero-order valence-electron chi connectivity index (χ0n) is 18.7. The highest BCUT2D eigenvalue weighted by Crippen LogP contribution is 2.18. The van der Waals surface area contributed by atoms with Crippen LogP contribution in [0.3, 0.4) is 0 Å². The Morgan fingerprint density at radius 3 is 1.60 bits per heavy atom. The summed E-state index contributed by atoms with van der Waals surface area (Å²) in [7, 11) is 0. The summed E-state index contributed by atoms with van der Waals surface area (Å²) in [6, 6.07) is 11.9. The number of carbonyl (C=O) groups is 4. The number of nitrogens with one attached hydrogen (secondary N) is 3. The van der Waals surface area contributed by atoms with Crippen molar-refractivity contribution in [2.75, 3.05) is 0 Å². The van der Waals surface area contributed by atoms with Crippen LogP contribution in [0.1, 0.15) is 63.9 Å². The molecule has 0 spiro atoms. The molecule has 0 aliphatic heterocycles. The Morgan fingerprint density at radius 2 is 1.17 bits per heavy atom. The zero-order chi connectivity index (χ0) is 25.5. The first-order valence-electron chi connectivity index (χ1n) is 10.2. The number of H-pyrrole nitrogens is 1. The van der Waals surface area contributed by atoms with Crippen LogP contribution in [0.2, 0.25) is 0 Å². The van der Waals surface area contributed by atoms with Gasteiger partial charge in [0.1, 0.15) is 5.69 Å². The second kappa shape index (κ2) is 10.7. The van der Waals surface area contributed by atoms with E-state index in [4.69, 9.17) is 10.2 Å². The Labute approximate surface area is 199 Å². The molecule has 1 aromatic heterocycles. The number of amides is 2. The van der Waals surface area contributed by atoms with Crippen molar-refractivity contribution < 1.29 is 29.4 Å². The molecule has 5 N–H and O–H groups in total. The fraction of sp³-hybridized carbons (Fsp3) is 0.0833. The number of rotatable bonds is 8. The van der Waals surface area contributed by atoms with Crippen molar-refractivity contribution in [1.29, 1.82) is 0 Å². The van der Waals surface area contributed by atoms with E-state index >= 15 is 0 Å². The fourth-order valence-corrected chi connectivity index (χ4v) is 3.18. The van der Waals surface area contributed by atoms with Crippen LogP contribution in [-0.4, -0.2) is 51.4 Å². The van der Waals surface area contributed by atoms with Crippen molar-refractivity contribution in [1.82, 2.24) is 15.8 Å². The number of nitrogens with zero attached hydrogens (tertiary/aromatic N) is 2. The minimum Gasteiger partial charge on any atom is -0.478 e. The zero-order valence-corrected chi connectivity index (χ0v) is 18.7. The molecule has 178 valence electrons. The highest BCUT2D eigenvalue weighted by atomic mass is 16.4. The molecule has 2 aromatic carbocycles. The van der Waals surface area contributed by atoms with Crippen molar-refractivity contribution in [3.63, 3.8) is 0 Å². The molecular formula is C24H21N5O6. The topological polar surface area (TPSA) is 173 Å². The van der Waals surface area contributed by atoms with Crippen molar-refractivity contribution in [3.05, 3.63) is 93.3 Å². The summed E-state index contributed by atoms with van der Waals surface area (Å²) in [5.74, 6) is -3.18. The number of hydrogen-bond donors (Lipinski definition) is 5. The third kappa shape index (κ3) is 6.05. The van der Waals surface area contributed by atoms with Crippen molar-refractivity contribution >= 4 is 36.2 Å². The SMILES string of the molecule is Cc1[nH]c(C(=O)N/N=C\c2ccc(C(=O)O)cc2)c(C)c1C(=O)N/N=C\c1ccc(C(=O)O)cc1. The maximum Gasteiger partial charge on any atom is 0.335 e. The summed E-state index contributed by atoms with van der Waals surface area (Å²) in [5.41, 5.74) is 7.46. The Hall–Kier alpha value is -5.06. The number of aromatic nitrogens is 1. The van der Waals surface area contributed by atoms with E-state index < -0.39 is 23.8 Å². The predicted octanol–water partition coefficient (Wildman–Crippen LogP) is 2.56. The second-order valence-corrected chi connectivity index (χ2v) is 7.38. The molecule has 0 aliphatic carbocycles. The minimum absolute atomic E-state index is 0.134. The molecule has 0 atom stereocenters. The van der Waals surface area contributed by atoms with Crippen LogP contribution < -0.4 is 10.9 Å². The number of carboxylic acid groups (broad SMARTS) is 2. The van der Waals surface area contributed by atoms with Gasteiger partial charge >= 0.3 is 11.9 Å². The molecule has 0 saturated carbocycles. The lowest BCUT2D eigenvalue weighted by Gasteiger charge is -2.02. The quantitative estimate of drug-likeness (QED) is 0.247. The van der Waals surface area contributed by atoms with E-state index in [0.717, 1.165) is 0 Å². The van der Waals surface area contributed by atoms with Crippen LogP contribution in [0.4, 0.5) is 0 Å². The Bertz CT molecular complexity index is 1340. The fourth-order valence-electron chi connectivity index (χ4n) is 3.18. The average molecular weight is 475 g/mol. The van der Waals surface area contributed by atoms with Gasteiger partial charge < -0.3 is 15.2 Å². The third-order valence-corrected chi connectivity index (χ3v) is 4.97. The standard InChI is InChI=1S/C24H21N5O6/c1-13-19(21(30)28-25-11-15-3-7-17(8-4-15)23(32)33)14(2)27-20(13)22(31)29-26-12-16-5-9-18(10-6-16)24(34)35/h3-12,27H,1-2H3,(H,28,30)(H,29,31)(H,32,33)(H,34,35)/b25-11-,26-12-. The lowest BCUT2D eigenvalue weighted by Crippen LogP contribution is -2.21. The van der Waals surface area contributed by atoms with Gasteiger partial charge in [0.2, 0.25) is 0 Å². The van der Waals surface area contributed by atoms with Gasteiger partial charge in [-0.05, 0) is 54.8 Å². The second-order valence-electron chi connectivity index (χ2n) is 7.38. The van der Waals surface area contributed by atoms with Gasteiger partial charge in [-0.25, -0.2) is 20.4 Å². The summed E-state index contributed by atoms with van der Waals surface area (Å²) in [4.78, 5) is 49.8. The van der Waals surface area contributed by atoms with E-state index in [1.165, 1.54) is 36.7 Å². The number of aromatic carboxylic acids is 2. The Balaban J connectivity index is 1.63. The highest BCUT2D eigenvalue weighted by Gasteiger charge is 2.21. The first-order valence-corrected chi connectivity index (χ1v) is 10.2. The molecule has 2 amide bonds. The summed E-state index contributed by atoms with van der Waals surface area (Å²) < 4.78 is 0. The van der Waals surface area contributed by atoms with Gasteiger partial charge in [-0.2, -0.15) is 10.2 Å². The molecule has 0 bridgehead atoms. The Kier molecular flexibility index (Phi) is 7.52. The predicted molar refractivity (Wildman–Crippen MR) is 127 cm³/mol. The lowest BCUT2D eigenvalue weighted by molar-refractivity contribution is 0.0686. The minimum atomic E-state index is -1.04. The van der Waals surface area contributed by atoms with Crippen LogP contribution >= 0.6 is 0 Å². The molecule has 11 heteroatoms. The molecule has 11 nitrogen and oxygen atoms in total. The number of carboxylic acids is 2. The normalized spacial score (nSPS) is 11.0. The number of aryl methyl sites for hydroxylation is 1. The smallest absolute Gasteiger partial charge is 0.335 e. The maximum atomic E-state index is 12.6. The van der Waals surface area contributed by atoms with E-state index in [0.29, 0.717) is 22.4 Å². The van der Waals surface area contributed by atoms with Gasteiger partial charge in [0, 0.05) is 5.69 Å². The van der Waals surface area contributed by atoms with Gasteiger partial charge in [-0.1, -0.05) is 24.3 Å². The number of hydrazone groups is 2. The van der Waals surface area contributed by atoms with E-state index in [1.807, 2.05) is 0 Å². The molecule has 0 radical (unpaired) electrons. The first-order chi connectivity index (χ1) is 16.7. The van der Waals surface area contributed by atoms with Crippen molar-refractivity contribution in [3.8, 4) is 0 Å². The van der Waals surface area contributed by atoms with Crippen LogP contribution in [0.25, 0.3) is 0 Å². The van der Waals surface area contributed by atoms with E-state index in [1.54, 1.807) is 38.1 Å². The molecule has 3 rings (SSSR count). The monoisotopic (exact) mass is 475 g/mol. The molecule has 0 aliphatic rings. The lowest BCUT2D eigenvalue weighted by atomic mass is 10.1. The summed E-state index contributed by atoms with van der Waals surface area (Å²) in [6.45, 7) is 3.25. The number of aromatic amines is 1. The summed E-state index contributed by atoms with van der Waals surface area (Å²) in [5, 5.41) is 25.6. The Morgan fingerprint density at radius 1 is 0.743 bits per heavy atom. The van der Waals surface area contributed by atoms with Gasteiger partial charge in [0.15, 0.2) is 0 Å². The number of benzene rings is 2.